The zero-order chi connectivity index (χ0) is 19.5. The molecule has 0 radical (unpaired) electrons. The van der Waals surface area contributed by atoms with Crippen LogP contribution in [-0.4, -0.2) is 36.1 Å². The van der Waals surface area contributed by atoms with Crippen LogP contribution in [0.3, 0.4) is 0 Å². The average molecular weight is 412 g/mol. The quantitative estimate of drug-likeness (QED) is 0.543. The first-order valence-electron chi connectivity index (χ1n) is 9.64. The van der Waals surface area contributed by atoms with Crippen molar-refractivity contribution >= 4 is 34.7 Å². The molecule has 150 valence electrons. The van der Waals surface area contributed by atoms with Crippen LogP contribution in [0.5, 0.6) is 0 Å². The van der Waals surface area contributed by atoms with Crippen LogP contribution in [0.4, 0.5) is 4.39 Å². The van der Waals surface area contributed by atoms with Gasteiger partial charge in [-0.3, -0.25) is 14.5 Å². The van der Waals surface area contributed by atoms with Crippen LogP contribution in [0, 0.1) is 11.7 Å². The lowest BCUT2D eigenvalue weighted by Crippen LogP contribution is -2.39. The van der Waals surface area contributed by atoms with E-state index in [2.05, 4.69) is 4.90 Å². The number of nitrogens with zero attached hydrogens (tertiary/aromatic N) is 1. The van der Waals surface area contributed by atoms with E-state index in [1.807, 2.05) is 42.5 Å². The number of Topliss-reactive ketones (excluding diaryl/α,β-unsaturated/α-hetero) is 2. The van der Waals surface area contributed by atoms with Gasteiger partial charge in [0.2, 0.25) is 0 Å². The van der Waals surface area contributed by atoms with Crippen molar-refractivity contribution in [3.63, 3.8) is 0 Å². The summed E-state index contributed by atoms with van der Waals surface area (Å²) >= 11 is 0. The van der Waals surface area contributed by atoms with Gasteiger partial charge in [0.1, 0.15) is 5.82 Å². The summed E-state index contributed by atoms with van der Waals surface area (Å²) in [5.41, 5.74) is 1.15. The molecule has 1 heterocycles. The number of halogens is 2. The smallest absolute Gasteiger partial charge is 0.176 e. The lowest BCUT2D eigenvalue weighted by Gasteiger charge is -2.30. The normalized spacial score (nSPS) is 15.1. The summed E-state index contributed by atoms with van der Waals surface area (Å²) in [6.07, 6.45) is 1.39. The fourth-order valence-electron chi connectivity index (χ4n) is 3.89. The van der Waals surface area contributed by atoms with E-state index >= 15 is 0 Å². The van der Waals surface area contributed by atoms with E-state index in [0.717, 1.165) is 16.3 Å². The van der Waals surface area contributed by atoms with Crippen molar-refractivity contribution in [1.29, 1.82) is 0 Å². The predicted octanol–water partition coefficient (Wildman–Crippen LogP) is 5.18. The molecule has 0 bridgehead atoms. The SMILES string of the molecule is Cl.O=C(CN1CCC(C(=O)c2cccc(F)c2)CC1)c1ccc2ccccc2c1. The molecule has 1 aliphatic heterocycles. The highest BCUT2D eigenvalue weighted by atomic mass is 35.5. The molecular formula is C24H23ClFNO2. The summed E-state index contributed by atoms with van der Waals surface area (Å²) < 4.78 is 13.4. The highest BCUT2D eigenvalue weighted by Gasteiger charge is 2.27. The van der Waals surface area contributed by atoms with Gasteiger partial charge in [0.15, 0.2) is 11.6 Å². The molecule has 29 heavy (non-hydrogen) atoms. The molecule has 4 rings (SSSR count). The van der Waals surface area contributed by atoms with Crippen molar-refractivity contribution in [2.45, 2.75) is 12.8 Å². The van der Waals surface area contributed by atoms with E-state index < -0.39 is 0 Å². The van der Waals surface area contributed by atoms with Crippen molar-refractivity contribution in [3.05, 3.63) is 83.7 Å². The number of rotatable bonds is 5. The monoisotopic (exact) mass is 411 g/mol. The minimum atomic E-state index is -0.385. The highest BCUT2D eigenvalue weighted by molar-refractivity contribution is 6.01. The van der Waals surface area contributed by atoms with E-state index in [1.165, 1.54) is 12.1 Å². The number of benzene rings is 3. The minimum absolute atomic E-state index is 0. The summed E-state index contributed by atoms with van der Waals surface area (Å²) in [7, 11) is 0. The Kier molecular flexibility index (Phi) is 6.78. The van der Waals surface area contributed by atoms with Crippen LogP contribution in [0.25, 0.3) is 10.8 Å². The van der Waals surface area contributed by atoms with Gasteiger partial charge in [0.05, 0.1) is 6.54 Å². The van der Waals surface area contributed by atoms with Gasteiger partial charge in [-0.05, 0) is 54.9 Å². The van der Waals surface area contributed by atoms with Crippen LogP contribution in [0.15, 0.2) is 66.7 Å². The van der Waals surface area contributed by atoms with Crippen molar-refractivity contribution < 1.29 is 14.0 Å². The van der Waals surface area contributed by atoms with Crippen molar-refractivity contribution in [2.75, 3.05) is 19.6 Å². The molecule has 3 aromatic rings. The van der Waals surface area contributed by atoms with E-state index in [0.29, 0.717) is 38.0 Å². The fraction of sp³-hybridized carbons (Fsp3) is 0.250. The van der Waals surface area contributed by atoms with Gasteiger partial charge in [0.25, 0.3) is 0 Å². The topological polar surface area (TPSA) is 37.4 Å². The summed E-state index contributed by atoms with van der Waals surface area (Å²) in [6, 6.07) is 19.7. The molecule has 0 saturated carbocycles. The number of hydrogen-bond donors (Lipinski definition) is 0. The Hall–Kier alpha value is -2.56. The van der Waals surface area contributed by atoms with Crippen LogP contribution in [-0.2, 0) is 0 Å². The second-order valence-electron chi connectivity index (χ2n) is 7.41. The number of carbonyl (C=O) groups is 2. The van der Waals surface area contributed by atoms with Gasteiger partial charge in [-0.1, -0.05) is 48.5 Å². The molecule has 3 aromatic carbocycles. The molecule has 1 fully saturated rings. The summed E-state index contributed by atoms with van der Waals surface area (Å²) in [6.45, 7) is 1.76. The molecule has 0 N–H and O–H groups in total. The molecular weight excluding hydrogens is 389 g/mol. The van der Waals surface area contributed by atoms with Crippen molar-refractivity contribution in [2.24, 2.45) is 5.92 Å². The molecule has 0 aliphatic carbocycles. The Bertz CT molecular complexity index is 1030. The number of ketones is 2. The maximum atomic E-state index is 13.4. The Morgan fingerprint density at radius 1 is 0.862 bits per heavy atom. The lowest BCUT2D eigenvalue weighted by molar-refractivity contribution is 0.0805. The first-order valence-corrected chi connectivity index (χ1v) is 9.64. The molecule has 1 aliphatic rings. The minimum Gasteiger partial charge on any atom is -0.296 e. The predicted molar refractivity (Wildman–Crippen MR) is 115 cm³/mol. The summed E-state index contributed by atoms with van der Waals surface area (Å²) in [5, 5.41) is 2.18. The summed E-state index contributed by atoms with van der Waals surface area (Å²) in [4.78, 5) is 27.4. The third-order valence-electron chi connectivity index (χ3n) is 5.51. The molecule has 0 spiro atoms. The number of piperidine rings is 1. The maximum absolute atomic E-state index is 13.4. The van der Waals surface area contributed by atoms with Crippen LogP contribution in [0.2, 0.25) is 0 Å². The lowest BCUT2D eigenvalue weighted by atomic mass is 9.88. The van der Waals surface area contributed by atoms with Gasteiger partial charge in [0, 0.05) is 17.0 Å². The van der Waals surface area contributed by atoms with Gasteiger partial charge >= 0.3 is 0 Å². The second-order valence-corrected chi connectivity index (χ2v) is 7.41. The van der Waals surface area contributed by atoms with Crippen molar-refractivity contribution in [3.8, 4) is 0 Å². The van der Waals surface area contributed by atoms with Crippen LogP contribution < -0.4 is 0 Å². The molecule has 0 atom stereocenters. The zero-order valence-electron chi connectivity index (χ0n) is 16.0. The third kappa shape index (κ3) is 4.89. The fourth-order valence-corrected chi connectivity index (χ4v) is 3.89. The van der Waals surface area contributed by atoms with E-state index in [4.69, 9.17) is 0 Å². The third-order valence-corrected chi connectivity index (χ3v) is 5.51. The summed E-state index contributed by atoms with van der Waals surface area (Å²) in [5.74, 6) is -0.390. The van der Waals surface area contributed by atoms with E-state index in [1.54, 1.807) is 12.1 Å². The second kappa shape index (κ2) is 9.29. The Balaban J connectivity index is 0.00000240. The number of likely N-dealkylation sites (tertiary alicyclic amines) is 1. The zero-order valence-corrected chi connectivity index (χ0v) is 16.8. The number of hydrogen-bond acceptors (Lipinski definition) is 3. The molecule has 3 nitrogen and oxygen atoms in total. The van der Waals surface area contributed by atoms with E-state index in [-0.39, 0.29) is 35.7 Å². The molecule has 0 unspecified atom stereocenters. The van der Waals surface area contributed by atoms with Gasteiger partial charge < -0.3 is 0 Å². The first-order chi connectivity index (χ1) is 13.6. The first kappa shape index (κ1) is 21.2. The van der Waals surface area contributed by atoms with E-state index in [9.17, 15) is 14.0 Å². The number of fused-ring (bicyclic) bond motifs is 1. The maximum Gasteiger partial charge on any atom is 0.176 e. The van der Waals surface area contributed by atoms with Crippen molar-refractivity contribution in [1.82, 2.24) is 4.90 Å². The molecule has 0 aromatic heterocycles. The number of carbonyl (C=O) groups excluding carboxylic acids is 2. The Morgan fingerprint density at radius 2 is 1.59 bits per heavy atom. The van der Waals surface area contributed by atoms with Crippen LogP contribution >= 0.6 is 12.4 Å². The molecule has 5 heteroatoms. The highest BCUT2D eigenvalue weighted by Crippen LogP contribution is 2.23. The van der Waals surface area contributed by atoms with Gasteiger partial charge in [-0.2, -0.15) is 0 Å². The largest absolute Gasteiger partial charge is 0.296 e. The molecule has 0 amide bonds. The standard InChI is InChI=1S/C24H22FNO2.ClH/c25-22-7-3-6-21(15-22)24(28)18-10-12-26(13-11-18)16-23(27)20-9-8-17-4-1-2-5-19(17)14-20;/h1-9,14-15,18H,10-13,16H2;1H. The van der Waals surface area contributed by atoms with Crippen LogP contribution in [0.1, 0.15) is 33.6 Å². The average Bonchev–Trinajstić information content (AvgIpc) is 2.73. The van der Waals surface area contributed by atoms with Gasteiger partial charge in [-0.25, -0.2) is 4.39 Å². The van der Waals surface area contributed by atoms with Gasteiger partial charge in [-0.15, -0.1) is 12.4 Å². The Morgan fingerprint density at radius 3 is 2.31 bits per heavy atom. The Labute approximate surface area is 175 Å². The molecule has 1 saturated heterocycles.